The van der Waals surface area contributed by atoms with E-state index < -0.39 is 0 Å². The van der Waals surface area contributed by atoms with Crippen LogP contribution in [0.25, 0.3) is 10.2 Å². The van der Waals surface area contributed by atoms with Crippen molar-refractivity contribution in [3.05, 3.63) is 70.3 Å². The molecule has 0 aliphatic heterocycles. The lowest BCUT2D eigenvalue weighted by atomic mass is 10.2. The number of aromatic nitrogens is 4. The number of halogens is 1. The molecule has 0 N–H and O–H groups in total. The van der Waals surface area contributed by atoms with Crippen LogP contribution < -0.4 is 4.90 Å². The number of carbonyl (C=O) groups excluding carboxylic acids is 1. The number of pyridine rings is 1. The van der Waals surface area contributed by atoms with E-state index in [-0.39, 0.29) is 11.9 Å². The number of amides is 1. The summed E-state index contributed by atoms with van der Waals surface area (Å²) >= 11 is 7.81. The molecule has 1 amide bonds. The zero-order valence-electron chi connectivity index (χ0n) is 17.3. The summed E-state index contributed by atoms with van der Waals surface area (Å²) in [5.41, 5.74) is 3.92. The number of hydrogen-bond acceptors (Lipinski definition) is 5. The second-order valence-corrected chi connectivity index (χ2v) is 8.84. The Bertz CT molecular complexity index is 1180. The van der Waals surface area contributed by atoms with Crippen molar-refractivity contribution < 1.29 is 4.79 Å². The first-order valence-corrected chi connectivity index (χ1v) is 10.9. The molecule has 0 aliphatic rings. The molecule has 0 saturated heterocycles. The summed E-state index contributed by atoms with van der Waals surface area (Å²) in [6, 6.07) is 11.4. The summed E-state index contributed by atoms with van der Waals surface area (Å²) in [4.78, 5) is 24.3. The summed E-state index contributed by atoms with van der Waals surface area (Å²) in [5, 5.41) is 5.75. The third-order valence-corrected chi connectivity index (χ3v) is 6.38. The molecular formula is C22H22ClN5OS. The Balaban J connectivity index is 1.81. The van der Waals surface area contributed by atoms with Crippen LogP contribution in [0.3, 0.4) is 0 Å². The highest BCUT2D eigenvalue weighted by molar-refractivity contribution is 7.23. The largest absolute Gasteiger partial charge is 0.280 e. The van der Waals surface area contributed by atoms with Crippen molar-refractivity contribution in [1.29, 1.82) is 0 Å². The Hall–Kier alpha value is -2.77. The SMILES string of the molecule is Cc1ccc(Cl)c2sc(N(Cc3ccccn3)C(=O)c3cc(C)n(C(C)C)n3)nc12. The van der Waals surface area contributed by atoms with Gasteiger partial charge in [-0.05, 0) is 57.5 Å². The molecule has 0 bridgehead atoms. The third kappa shape index (κ3) is 3.82. The van der Waals surface area contributed by atoms with Gasteiger partial charge in [-0.2, -0.15) is 5.10 Å². The van der Waals surface area contributed by atoms with Crippen molar-refractivity contribution in [1.82, 2.24) is 19.7 Å². The van der Waals surface area contributed by atoms with Gasteiger partial charge in [0.15, 0.2) is 10.8 Å². The fraction of sp³-hybridized carbons (Fsp3) is 0.273. The maximum atomic E-state index is 13.5. The van der Waals surface area contributed by atoms with Crippen molar-refractivity contribution in [2.24, 2.45) is 0 Å². The van der Waals surface area contributed by atoms with Gasteiger partial charge in [0.1, 0.15) is 0 Å². The molecule has 154 valence electrons. The fourth-order valence-corrected chi connectivity index (χ4v) is 4.65. The molecule has 3 heterocycles. The highest BCUT2D eigenvalue weighted by Crippen LogP contribution is 2.36. The van der Waals surface area contributed by atoms with Crippen LogP contribution in [-0.4, -0.2) is 25.7 Å². The van der Waals surface area contributed by atoms with Crippen LogP contribution in [0.4, 0.5) is 5.13 Å². The molecule has 0 saturated carbocycles. The summed E-state index contributed by atoms with van der Waals surface area (Å²) in [5.74, 6) is -0.212. The number of carbonyl (C=O) groups is 1. The summed E-state index contributed by atoms with van der Waals surface area (Å²) in [6.45, 7) is 8.31. The molecule has 0 unspecified atom stereocenters. The maximum Gasteiger partial charge on any atom is 0.280 e. The predicted molar refractivity (Wildman–Crippen MR) is 121 cm³/mol. The van der Waals surface area contributed by atoms with Crippen LogP contribution in [0, 0.1) is 13.8 Å². The van der Waals surface area contributed by atoms with Crippen LogP contribution in [0.2, 0.25) is 5.02 Å². The molecule has 0 aliphatic carbocycles. The maximum absolute atomic E-state index is 13.5. The number of aryl methyl sites for hydroxylation is 2. The first kappa shape index (κ1) is 20.5. The molecule has 0 fully saturated rings. The van der Waals surface area contributed by atoms with Crippen LogP contribution in [0.1, 0.15) is 47.3 Å². The van der Waals surface area contributed by atoms with Gasteiger partial charge in [-0.1, -0.05) is 35.1 Å². The normalized spacial score (nSPS) is 11.4. The molecule has 1 aromatic carbocycles. The molecule has 3 aromatic heterocycles. The number of nitrogens with zero attached hydrogens (tertiary/aromatic N) is 5. The van der Waals surface area contributed by atoms with Crippen molar-refractivity contribution >= 4 is 44.2 Å². The van der Waals surface area contributed by atoms with E-state index in [9.17, 15) is 4.79 Å². The first-order valence-electron chi connectivity index (χ1n) is 9.68. The number of rotatable bonds is 5. The monoisotopic (exact) mass is 439 g/mol. The van der Waals surface area contributed by atoms with Gasteiger partial charge in [0.2, 0.25) is 0 Å². The lowest BCUT2D eigenvalue weighted by Gasteiger charge is -2.18. The van der Waals surface area contributed by atoms with Gasteiger partial charge in [-0.15, -0.1) is 0 Å². The quantitative estimate of drug-likeness (QED) is 0.406. The smallest absolute Gasteiger partial charge is 0.276 e. The van der Waals surface area contributed by atoms with Crippen molar-refractivity contribution in [3.63, 3.8) is 0 Å². The van der Waals surface area contributed by atoms with Gasteiger partial charge >= 0.3 is 0 Å². The predicted octanol–water partition coefficient (Wildman–Crippen LogP) is 5.59. The van der Waals surface area contributed by atoms with Gasteiger partial charge in [0, 0.05) is 17.9 Å². The van der Waals surface area contributed by atoms with E-state index in [1.165, 1.54) is 11.3 Å². The third-order valence-electron chi connectivity index (χ3n) is 4.84. The summed E-state index contributed by atoms with van der Waals surface area (Å²) < 4.78 is 2.72. The number of thiazole rings is 1. The molecule has 8 heteroatoms. The van der Waals surface area contributed by atoms with Gasteiger partial charge in [-0.25, -0.2) is 4.98 Å². The lowest BCUT2D eigenvalue weighted by Crippen LogP contribution is -2.31. The van der Waals surface area contributed by atoms with Crippen molar-refractivity contribution in [2.75, 3.05) is 4.90 Å². The average Bonchev–Trinajstić information content (AvgIpc) is 3.34. The molecule has 30 heavy (non-hydrogen) atoms. The topological polar surface area (TPSA) is 63.9 Å². The van der Waals surface area contributed by atoms with Gasteiger partial charge in [0.05, 0.1) is 27.5 Å². The number of benzene rings is 1. The van der Waals surface area contributed by atoms with E-state index in [0.29, 0.717) is 22.4 Å². The van der Waals surface area contributed by atoms with Gasteiger partial charge in [-0.3, -0.25) is 19.4 Å². The Kier molecular flexibility index (Phi) is 5.58. The zero-order chi connectivity index (χ0) is 21.4. The number of hydrogen-bond donors (Lipinski definition) is 0. The minimum absolute atomic E-state index is 0.166. The average molecular weight is 440 g/mol. The Labute approximate surface area is 184 Å². The Morgan fingerprint density at radius 2 is 2.03 bits per heavy atom. The van der Waals surface area contributed by atoms with Crippen molar-refractivity contribution in [2.45, 2.75) is 40.3 Å². The van der Waals surface area contributed by atoms with E-state index >= 15 is 0 Å². The molecule has 4 rings (SSSR count). The molecule has 0 spiro atoms. The Morgan fingerprint density at radius 3 is 2.67 bits per heavy atom. The second-order valence-electron chi connectivity index (χ2n) is 7.46. The number of anilines is 1. The highest BCUT2D eigenvalue weighted by Gasteiger charge is 2.26. The Morgan fingerprint density at radius 1 is 1.23 bits per heavy atom. The second kappa shape index (κ2) is 8.16. The van der Waals surface area contributed by atoms with Crippen LogP contribution >= 0.6 is 22.9 Å². The van der Waals surface area contributed by atoms with E-state index in [1.54, 1.807) is 11.1 Å². The van der Waals surface area contributed by atoms with Crippen molar-refractivity contribution in [3.8, 4) is 0 Å². The summed E-state index contributed by atoms with van der Waals surface area (Å²) in [6.07, 6.45) is 1.72. The highest BCUT2D eigenvalue weighted by atomic mass is 35.5. The number of fused-ring (bicyclic) bond motifs is 1. The lowest BCUT2D eigenvalue weighted by molar-refractivity contribution is 0.0979. The fourth-order valence-electron chi connectivity index (χ4n) is 3.34. The van der Waals surface area contributed by atoms with E-state index in [1.807, 2.05) is 68.8 Å². The van der Waals surface area contributed by atoms with E-state index in [4.69, 9.17) is 16.6 Å². The van der Waals surface area contributed by atoms with Crippen LogP contribution in [0.15, 0.2) is 42.6 Å². The zero-order valence-corrected chi connectivity index (χ0v) is 18.8. The van der Waals surface area contributed by atoms with Gasteiger partial charge in [0.25, 0.3) is 5.91 Å². The minimum atomic E-state index is -0.212. The van der Waals surface area contributed by atoms with E-state index in [0.717, 1.165) is 27.2 Å². The van der Waals surface area contributed by atoms with E-state index in [2.05, 4.69) is 10.1 Å². The molecule has 0 atom stereocenters. The van der Waals surface area contributed by atoms with Crippen LogP contribution in [-0.2, 0) is 6.54 Å². The molecule has 0 radical (unpaired) electrons. The molecule has 4 aromatic rings. The minimum Gasteiger partial charge on any atom is -0.276 e. The summed E-state index contributed by atoms with van der Waals surface area (Å²) in [7, 11) is 0. The standard InChI is InChI=1S/C22H22ClN5OS/c1-13(2)28-15(4)11-18(26-28)21(29)27(12-16-7-5-6-10-24-16)22-25-19-14(3)8-9-17(23)20(19)30-22/h5-11,13H,12H2,1-4H3. The van der Waals surface area contributed by atoms with Crippen LogP contribution in [0.5, 0.6) is 0 Å². The first-order chi connectivity index (χ1) is 14.3. The molecule has 6 nitrogen and oxygen atoms in total. The molecular weight excluding hydrogens is 418 g/mol. The van der Waals surface area contributed by atoms with Gasteiger partial charge < -0.3 is 0 Å².